The first-order valence-electron chi connectivity index (χ1n) is 5.61. The van der Waals surface area contributed by atoms with Gasteiger partial charge in [-0.25, -0.2) is 0 Å². The van der Waals surface area contributed by atoms with Gasteiger partial charge in [-0.3, -0.25) is 4.90 Å². The predicted octanol–water partition coefficient (Wildman–Crippen LogP) is 1.47. The highest BCUT2D eigenvalue weighted by atomic mass is 15.2. The molecule has 1 N–H and O–H groups in total. The van der Waals surface area contributed by atoms with Gasteiger partial charge in [-0.15, -0.1) is 12.3 Å². The van der Waals surface area contributed by atoms with Crippen molar-refractivity contribution in [1.82, 2.24) is 10.2 Å². The Morgan fingerprint density at radius 1 is 1.64 bits per heavy atom. The molecule has 0 aliphatic carbocycles. The minimum Gasteiger partial charge on any atom is -0.311 e. The molecule has 1 heterocycles. The number of terminal acetylenes is 1. The fourth-order valence-electron chi connectivity index (χ4n) is 2.13. The van der Waals surface area contributed by atoms with E-state index in [0.29, 0.717) is 18.1 Å². The molecule has 0 radical (unpaired) electrons. The summed E-state index contributed by atoms with van der Waals surface area (Å²) in [4.78, 5) is 2.53. The highest BCUT2D eigenvalue weighted by molar-refractivity contribution is 4.93. The van der Waals surface area contributed by atoms with Gasteiger partial charge >= 0.3 is 0 Å². The Balaban J connectivity index is 2.52. The van der Waals surface area contributed by atoms with E-state index in [4.69, 9.17) is 6.42 Å². The molecule has 2 nitrogen and oxygen atoms in total. The summed E-state index contributed by atoms with van der Waals surface area (Å²) < 4.78 is 0. The molecule has 1 saturated heterocycles. The third-order valence-corrected chi connectivity index (χ3v) is 3.17. The number of piperazine rings is 1. The molecule has 0 aromatic heterocycles. The molecule has 80 valence electrons. The summed E-state index contributed by atoms with van der Waals surface area (Å²) in [7, 11) is 0. The fourth-order valence-corrected chi connectivity index (χ4v) is 2.13. The van der Waals surface area contributed by atoms with Crippen LogP contribution >= 0.6 is 0 Å². The monoisotopic (exact) mass is 194 g/mol. The normalized spacial score (nSPS) is 31.0. The molecule has 0 spiro atoms. The minimum atomic E-state index is 0.520. The molecule has 0 aromatic rings. The zero-order valence-electron chi connectivity index (χ0n) is 9.59. The fraction of sp³-hybridized carbons (Fsp3) is 0.833. The smallest absolute Gasteiger partial charge is 0.0240 e. The summed E-state index contributed by atoms with van der Waals surface area (Å²) in [6, 6.07) is 1.78. The van der Waals surface area contributed by atoms with Crippen molar-refractivity contribution in [3.63, 3.8) is 0 Å². The summed E-state index contributed by atoms with van der Waals surface area (Å²) >= 11 is 0. The van der Waals surface area contributed by atoms with Crippen molar-refractivity contribution in [3.05, 3.63) is 0 Å². The van der Waals surface area contributed by atoms with Crippen LogP contribution in [0.3, 0.4) is 0 Å². The standard InChI is InChI=1S/C12H22N2/c1-5-7-10(3)14-9-12(6-2)13-8-11(14)4/h1,10-13H,6-9H2,2-4H3. The molecule has 1 aliphatic heterocycles. The van der Waals surface area contributed by atoms with E-state index in [1.165, 1.54) is 6.42 Å². The largest absolute Gasteiger partial charge is 0.311 e. The van der Waals surface area contributed by atoms with E-state index < -0.39 is 0 Å². The maximum absolute atomic E-state index is 5.36. The Kier molecular flexibility index (Phi) is 4.44. The predicted molar refractivity (Wildman–Crippen MR) is 61.2 cm³/mol. The lowest BCUT2D eigenvalue weighted by molar-refractivity contribution is 0.0996. The first kappa shape index (κ1) is 11.6. The topological polar surface area (TPSA) is 15.3 Å². The number of hydrogen-bond donors (Lipinski definition) is 1. The number of nitrogens with one attached hydrogen (secondary N) is 1. The maximum atomic E-state index is 5.36. The van der Waals surface area contributed by atoms with Crippen molar-refractivity contribution >= 4 is 0 Å². The second-order valence-corrected chi connectivity index (χ2v) is 4.32. The molecule has 3 unspecified atom stereocenters. The Morgan fingerprint density at radius 2 is 2.36 bits per heavy atom. The summed E-state index contributed by atoms with van der Waals surface area (Å²) in [5.41, 5.74) is 0. The van der Waals surface area contributed by atoms with Crippen LogP contribution in [0.4, 0.5) is 0 Å². The molecule has 14 heavy (non-hydrogen) atoms. The zero-order chi connectivity index (χ0) is 10.6. The van der Waals surface area contributed by atoms with Crippen LogP contribution in [0, 0.1) is 12.3 Å². The lowest BCUT2D eigenvalue weighted by atomic mass is 10.0. The van der Waals surface area contributed by atoms with Gasteiger partial charge in [-0.1, -0.05) is 6.92 Å². The first-order valence-corrected chi connectivity index (χ1v) is 5.61. The van der Waals surface area contributed by atoms with Crippen LogP contribution in [0.1, 0.15) is 33.6 Å². The SMILES string of the molecule is C#CCC(C)N1CC(CC)NCC1C. The third kappa shape index (κ3) is 2.73. The van der Waals surface area contributed by atoms with Crippen LogP contribution in [-0.4, -0.2) is 36.1 Å². The minimum absolute atomic E-state index is 0.520. The number of rotatable bonds is 3. The van der Waals surface area contributed by atoms with E-state index in [1.807, 2.05) is 0 Å². The van der Waals surface area contributed by atoms with E-state index in [0.717, 1.165) is 19.5 Å². The summed E-state index contributed by atoms with van der Waals surface area (Å²) in [5.74, 6) is 2.76. The van der Waals surface area contributed by atoms with Crippen LogP contribution in [0.2, 0.25) is 0 Å². The van der Waals surface area contributed by atoms with Gasteiger partial charge in [0.1, 0.15) is 0 Å². The third-order valence-electron chi connectivity index (χ3n) is 3.17. The van der Waals surface area contributed by atoms with Gasteiger partial charge in [0.25, 0.3) is 0 Å². The first-order chi connectivity index (χ1) is 6.69. The molecule has 3 atom stereocenters. The van der Waals surface area contributed by atoms with Crippen molar-refractivity contribution in [3.8, 4) is 12.3 Å². The van der Waals surface area contributed by atoms with Gasteiger partial charge in [0.15, 0.2) is 0 Å². The molecule has 1 rings (SSSR count). The van der Waals surface area contributed by atoms with E-state index >= 15 is 0 Å². The molecule has 1 aliphatic rings. The highest BCUT2D eigenvalue weighted by Gasteiger charge is 2.26. The molecular weight excluding hydrogens is 172 g/mol. The van der Waals surface area contributed by atoms with Crippen LogP contribution in [0.5, 0.6) is 0 Å². The molecule has 0 bridgehead atoms. The molecule has 0 amide bonds. The van der Waals surface area contributed by atoms with Crippen LogP contribution in [0.25, 0.3) is 0 Å². The Bertz CT molecular complexity index is 207. The van der Waals surface area contributed by atoms with Crippen molar-refractivity contribution in [2.75, 3.05) is 13.1 Å². The van der Waals surface area contributed by atoms with Gasteiger partial charge in [0, 0.05) is 37.6 Å². The maximum Gasteiger partial charge on any atom is 0.0240 e. The van der Waals surface area contributed by atoms with Gasteiger partial charge in [-0.05, 0) is 20.3 Å². The van der Waals surface area contributed by atoms with Gasteiger partial charge in [-0.2, -0.15) is 0 Å². The second-order valence-electron chi connectivity index (χ2n) is 4.32. The van der Waals surface area contributed by atoms with Crippen LogP contribution in [-0.2, 0) is 0 Å². The van der Waals surface area contributed by atoms with Crippen LogP contribution in [0.15, 0.2) is 0 Å². The van der Waals surface area contributed by atoms with Crippen molar-refractivity contribution in [1.29, 1.82) is 0 Å². The second kappa shape index (κ2) is 5.38. The lowest BCUT2D eigenvalue weighted by Crippen LogP contribution is -2.57. The van der Waals surface area contributed by atoms with E-state index in [1.54, 1.807) is 0 Å². The Morgan fingerprint density at radius 3 is 2.93 bits per heavy atom. The number of hydrogen-bond acceptors (Lipinski definition) is 2. The van der Waals surface area contributed by atoms with Gasteiger partial charge < -0.3 is 5.32 Å². The average Bonchev–Trinajstić information content (AvgIpc) is 2.19. The van der Waals surface area contributed by atoms with Gasteiger partial charge in [0.05, 0.1) is 0 Å². The summed E-state index contributed by atoms with van der Waals surface area (Å²) in [6.07, 6.45) is 7.42. The molecule has 1 fully saturated rings. The zero-order valence-corrected chi connectivity index (χ0v) is 9.59. The van der Waals surface area contributed by atoms with E-state index in [-0.39, 0.29) is 0 Å². The molecule has 0 aromatic carbocycles. The summed E-state index contributed by atoms with van der Waals surface area (Å²) in [5, 5.41) is 3.55. The van der Waals surface area contributed by atoms with E-state index in [2.05, 4.69) is 36.9 Å². The average molecular weight is 194 g/mol. The molecule has 2 heteroatoms. The van der Waals surface area contributed by atoms with Crippen molar-refractivity contribution in [2.45, 2.75) is 51.7 Å². The number of nitrogens with zero attached hydrogens (tertiary/aromatic N) is 1. The van der Waals surface area contributed by atoms with E-state index in [9.17, 15) is 0 Å². The Hall–Kier alpha value is -0.520. The molecule has 0 saturated carbocycles. The van der Waals surface area contributed by atoms with Crippen molar-refractivity contribution in [2.24, 2.45) is 0 Å². The van der Waals surface area contributed by atoms with Gasteiger partial charge in [0.2, 0.25) is 0 Å². The van der Waals surface area contributed by atoms with Crippen molar-refractivity contribution < 1.29 is 0 Å². The highest BCUT2D eigenvalue weighted by Crippen LogP contribution is 2.14. The quantitative estimate of drug-likeness (QED) is 0.684. The van der Waals surface area contributed by atoms with Crippen LogP contribution < -0.4 is 5.32 Å². The summed E-state index contributed by atoms with van der Waals surface area (Å²) in [6.45, 7) is 8.96. The Labute approximate surface area is 88.1 Å². The molecular formula is C12H22N2. The lowest BCUT2D eigenvalue weighted by Gasteiger charge is -2.41.